The van der Waals surface area contributed by atoms with Crippen molar-refractivity contribution in [3.8, 4) is 0 Å². The van der Waals surface area contributed by atoms with E-state index in [1.807, 2.05) is 0 Å². The van der Waals surface area contributed by atoms with Crippen molar-refractivity contribution in [2.75, 3.05) is 23.7 Å². The molecule has 0 atom stereocenters. The highest BCUT2D eigenvalue weighted by molar-refractivity contribution is 6.05. The maximum Gasteiger partial charge on any atom is 0.416 e. The van der Waals surface area contributed by atoms with Gasteiger partial charge >= 0.3 is 6.18 Å². The van der Waals surface area contributed by atoms with Crippen molar-refractivity contribution < 1.29 is 27.6 Å². The van der Waals surface area contributed by atoms with Crippen molar-refractivity contribution in [3.05, 3.63) is 59.7 Å². The van der Waals surface area contributed by atoms with E-state index in [-0.39, 0.29) is 29.5 Å². The number of carbonyl (C=O) groups is 3. The molecule has 1 fully saturated rings. The maximum atomic E-state index is 12.8. The molecule has 3 rings (SSSR count). The molecule has 0 radical (unpaired) electrons. The van der Waals surface area contributed by atoms with Crippen LogP contribution >= 0.6 is 0 Å². The highest BCUT2D eigenvalue weighted by atomic mass is 19.4. The fraction of sp³-hybridized carbons (Fsp3) is 0.286. The van der Waals surface area contributed by atoms with Crippen molar-refractivity contribution in [2.45, 2.75) is 25.4 Å². The lowest BCUT2D eigenvalue weighted by atomic mass is 10.1. The molecule has 0 bridgehead atoms. The molecule has 1 saturated heterocycles. The molecule has 30 heavy (non-hydrogen) atoms. The number of hydrogen-bond acceptors (Lipinski definition) is 3. The first-order chi connectivity index (χ1) is 14.2. The Morgan fingerprint density at radius 1 is 1.00 bits per heavy atom. The standard InChI is InChI=1S/C21H20F3N3O3/c22-21(23,24)15-5-2-7-17(13-15)26-20(30)14-4-1-6-16(12-14)25-18(28)9-11-27-10-3-8-19(27)29/h1-2,4-7,12-13H,3,8-11H2,(H,25,28)(H,26,30). The minimum atomic E-state index is -4.51. The summed E-state index contributed by atoms with van der Waals surface area (Å²) in [6.07, 6.45) is -3.08. The van der Waals surface area contributed by atoms with Crippen LogP contribution in [-0.4, -0.2) is 35.7 Å². The summed E-state index contributed by atoms with van der Waals surface area (Å²) in [4.78, 5) is 37.7. The largest absolute Gasteiger partial charge is 0.416 e. The lowest BCUT2D eigenvalue weighted by Crippen LogP contribution is -2.28. The Morgan fingerprint density at radius 3 is 2.37 bits per heavy atom. The van der Waals surface area contributed by atoms with Crippen LogP contribution in [0.5, 0.6) is 0 Å². The number of hydrogen-bond donors (Lipinski definition) is 2. The molecular weight excluding hydrogens is 399 g/mol. The number of rotatable bonds is 6. The molecule has 3 amide bonds. The van der Waals surface area contributed by atoms with E-state index < -0.39 is 17.6 Å². The maximum absolute atomic E-state index is 12.8. The molecule has 158 valence electrons. The predicted molar refractivity (Wildman–Crippen MR) is 105 cm³/mol. The Morgan fingerprint density at radius 2 is 1.70 bits per heavy atom. The second-order valence-electron chi connectivity index (χ2n) is 6.90. The quantitative estimate of drug-likeness (QED) is 0.745. The van der Waals surface area contributed by atoms with Gasteiger partial charge in [-0.05, 0) is 42.8 Å². The third kappa shape index (κ3) is 5.59. The van der Waals surface area contributed by atoms with Crippen LogP contribution < -0.4 is 10.6 Å². The van der Waals surface area contributed by atoms with Crippen LogP contribution in [-0.2, 0) is 15.8 Å². The first-order valence-corrected chi connectivity index (χ1v) is 9.39. The van der Waals surface area contributed by atoms with Gasteiger partial charge < -0.3 is 15.5 Å². The van der Waals surface area contributed by atoms with Crippen LogP contribution in [0.25, 0.3) is 0 Å². The molecule has 6 nitrogen and oxygen atoms in total. The second-order valence-corrected chi connectivity index (χ2v) is 6.90. The summed E-state index contributed by atoms with van der Waals surface area (Å²) in [5.41, 5.74) is -0.290. The number of benzene rings is 2. The molecule has 0 unspecified atom stereocenters. The summed E-state index contributed by atoms with van der Waals surface area (Å²) in [5, 5.41) is 5.09. The van der Waals surface area contributed by atoms with Gasteiger partial charge in [-0.25, -0.2) is 0 Å². The number of anilines is 2. The molecular formula is C21H20F3N3O3. The molecule has 0 aromatic heterocycles. The van der Waals surface area contributed by atoms with Crippen LogP contribution in [0.4, 0.5) is 24.5 Å². The van der Waals surface area contributed by atoms with Gasteiger partial charge in [-0.15, -0.1) is 0 Å². The van der Waals surface area contributed by atoms with Crippen LogP contribution in [0, 0.1) is 0 Å². The molecule has 2 N–H and O–H groups in total. The van der Waals surface area contributed by atoms with E-state index in [2.05, 4.69) is 10.6 Å². The van der Waals surface area contributed by atoms with Gasteiger partial charge in [0.15, 0.2) is 0 Å². The molecule has 0 saturated carbocycles. The van der Waals surface area contributed by atoms with Gasteiger partial charge in [-0.3, -0.25) is 14.4 Å². The Hall–Kier alpha value is -3.36. The molecule has 2 aromatic rings. The minimum Gasteiger partial charge on any atom is -0.342 e. The van der Waals surface area contributed by atoms with E-state index in [1.54, 1.807) is 17.0 Å². The summed E-state index contributed by atoms with van der Waals surface area (Å²) in [6.45, 7) is 0.984. The van der Waals surface area contributed by atoms with Gasteiger partial charge in [-0.2, -0.15) is 13.2 Å². The number of amides is 3. The first kappa shape index (κ1) is 21.4. The molecule has 2 aromatic carbocycles. The average Bonchev–Trinajstić information content (AvgIpc) is 3.11. The molecule has 1 aliphatic heterocycles. The van der Waals surface area contributed by atoms with Crippen molar-refractivity contribution in [3.63, 3.8) is 0 Å². The lowest BCUT2D eigenvalue weighted by Gasteiger charge is -2.15. The zero-order valence-corrected chi connectivity index (χ0v) is 16.0. The van der Waals surface area contributed by atoms with Crippen LogP contribution in [0.1, 0.15) is 35.2 Å². The predicted octanol–water partition coefficient (Wildman–Crippen LogP) is 3.91. The summed E-state index contributed by atoms with van der Waals surface area (Å²) < 4.78 is 38.4. The lowest BCUT2D eigenvalue weighted by molar-refractivity contribution is -0.137. The highest BCUT2D eigenvalue weighted by Gasteiger charge is 2.30. The van der Waals surface area contributed by atoms with Gasteiger partial charge in [-0.1, -0.05) is 12.1 Å². The van der Waals surface area contributed by atoms with Gasteiger partial charge in [0.25, 0.3) is 5.91 Å². The zero-order chi connectivity index (χ0) is 21.7. The van der Waals surface area contributed by atoms with E-state index in [0.29, 0.717) is 25.2 Å². The number of carbonyl (C=O) groups excluding carboxylic acids is 3. The molecule has 9 heteroatoms. The van der Waals surface area contributed by atoms with E-state index in [0.717, 1.165) is 18.6 Å². The van der Waals surface area contributed by atoms with Gasteiger partial charge in [0, 0.05) is 42.9 Å². The number of likely N-dealkylation sites (tertiary alicyclic amines) is 1. The third-order valence-electron chi connectivity index (χ3n) is 4.64. The Bertz CT molecular complexity index is 960. The van der Waals surface area contributed by atoms with Crippen LogP contribution in [0.2, 0.25) is 0 Å². The van der Waals surface area contributed by atoms with Gasteiger partial charge in [0.2, 0.25) is 11.8 Å². The minimum absolute atomic E-state index is 0.0135. The van der Waals surface area contributed by atoms with Crippen LogP contribution in [0.3, 0.4) is 0 Å². The summed E-state index contributed by atoms with van der Waals surface area (Å²) >= 11 is 0. The van der Waals surface area contributed by atoms with Crippen LogP contribution in [0.15, 0.2) is 48.5 Å². The van der Waals surface area contributed by atoms with Crippen molar-refractivity contribution in [1.82, 2.24) is 4.90 Å². The Kier molecular flexibility index (Phi) is 6.39. The smallest absolute Gasteiger partial charge is 0.342 e. The fourth-order valence-corrected chi connectivity index (χ4v) is 3.12. The Labute approximate surface area is 171 Å². The van der Waals surface area contributed by atoms with E-state index in [4.69, 9.17) is 0 Å². The zero-order valence-electron chi connectivity index (χ0n) is 16.0. The summed E-state index contributed by atoms with van der Waals surface area (Å²) in [6, 6.07) is 10.4. The second kappa shape index (κ2) is 8.98. The summed E-state index contributed by atoms with van der Waals surface area (Å²) in [7, 11) is 0. The highest BCUT2D eigenvalue weighted by Crippen LogP contribution is 2.30. The van der Waals surface area contributed by atoms with Crippen molar-refractivity contribution in [1.29, 1.82) is 0 Å². The topological polar surface area (TPSA) is 78.5 Å². The third-order valence-corrected chi connectivity index (χ3v) is 4.64. The van der Waals surface area contributed by atoms with Gasteiger partial charge in [0.05, 0.1) is 5.56 Å². The number of halogens is 3. The molecule has 0 aliphatic carbocycles. The monoisotopic (exact) mass is 419 g/mol. The fourth-order valence-electron chi connectivity index (χ4n) is 3.12. The van der Waals surface area contributed by atoms with E-state index >= 15 is 0 Å². The number of nitrogens with one attached hydrogen (secondary N) is 2. The Balaban J connectivity index is 1.60. The molecule has 1 heterocycles. The van der Waals surface area contributed by atoms with E-state index in [1.165, 1.54) is 24.3 Å². The first-order valence-electron chi connectivity index (χ1n) is 9.39. The van der Waals surface area contributed by atoms with Gasteiger partial charge in [0.1, 0.15) is 0 Å². The molecule has 1 aliphatic rings. The average molecular weight is 419 g/mol. The number of nitrogens with zero attached hydrogens (tertiary/aromatic N) is 1. The molecule has 0 spiro atoms. The normalized spacial score (nSPS) is 14.0. The van der Waals surface area contributed by atoms with E-state index in [9.17, 15) is 27.6 Å². The number of alkyl halides is 3. The van der Waals surface area contributed by atoms with Crippen molar-refractivity contribution >= 4 is 29.1 Å². The SMILES string of the molecule is O=C(CCN1CCCC1=O)Nc1cccc(C(=O)Nc2cccc(C(F)(F)F)c2)c1. The van der Waals surface area contributed by atoms with Crippen molar-refractivity contribution in [2.24, 2.45) is 0 Å². The summed E-state index contributed by atoms with van der Waals surface area (Å²) in [5.74, 6) is -0.866.